The minimum absolute atomic E-state index is 0.0543. The van der Waals surface area contributed by atoms with E-state index in [4.69, 9.17) is 11.6 Å². The van der Waals surface area contributed by atoms with Crippen LogP contribution in [0.3, 0.4) is 0 Å². The fourth-order valence-electron chi connectivity index (χ4n) is 1.57. The van der Waals surface area contributed by atoms with Crippen molar-refractivity contribution in [3.05, 3.63) is 64.4 Å². The lowest BCUT2D eigenvalue weighted by Crippen LogP contribution is -2.05. The number of hydrazone groups is 1. The number of benzene rings is 2. The molecule has 1 N–H and O–H groups in total. The van der Waals surface area contributed by atoms with Crippen molar-refractivity contribution >= 4 is 23.5 Å². The number of nitrogens with zero attached hydrogens (tertiary/aromatic N) is 1. The average molecular weight is 317 g/mol. The first kappa shape index (κ1) is 15.3. The Balaban J connectivity index is 2.15. The zero-order chi connectivity index (χ0) is 15.5. The van der Waals surface area contributed by atoms with Crippen molar-refractivity contribution in [1.29, 1.82) is 0 Å². The summed E-state index contributed by atoms with van der Waals surface area (Å²) in [5, 5.41) is 3.85. The van der Waals surface area contributed by atoms with Crippen LogP contribution in [-0.2, 0) is 6.18 Å². The van der Waals surface area contributed by atoms with E-state index in [0.717, 1.165) is 18.3 Å². The summed E-state index contributed by atoms with van der Waals surface area (Å²) >= 11 is 5.79. The Labute approximate surface area is 123 Å². The molecule has 21 heavy (non-hydrogen) atoms. The van der Waals surface area contributed by atoms with Crippen LogP contribution in [0.1, 0.15) is 11.1 Å². The van der Waals surface area contributed by atoms with Gasteiger partial charge in [-0.25, -0.2) is 4.39 Å². The van der Waals surface area contributed by atoms with Crippen LogP contribution in [0.2, 0.25) is 5.02 Å². The molecule has 0 fully saturated rings. The van der Waals surface area contributed by atoms with Crippen LogP contribution < -0.4 is 5.43 Å². The molecule has 7 heteroatoms. The van der Waals surface area contributed by atoms with Gasteiger partial charge in [-0.1, -0.05) is 23.7 Å². The lowest BCUT2D eigenvalue weighted by atomic mass is 10.2. The Morgan fingerprint density at radius 2 is 1.81 bits per heavy atom. The van der Waals surface area contributed by atoms with Gasteiger partial charge in [-0.2, -0.15) is 18.3 Å². The van der Waals surface area contributed by atoms with Crippen LogP contribution in [0.15, 0.2) is 47.6 Å². The Kier molecular flexibility index (Phi) is 4.47. The molecule has 2 aromatic carbocycles. The van der Waals surface area contributed by atoms with E-state index in [9.17, 15) is 17.6 Å². The third kappa shape index (κ3) is 3.95. The topological polar surface area (TPSA) is 24.4 Å². The smallest absolute Gasteiger partial charge is 0.278 e. The SMILES string of the molecule is Fc1cccc(Cl)c1C=NNc1cccc(C(F)(F)F)c1. The van der Waals surface area contributed by atoms with E-state index < -0.39 is 17.6 Å². The Morgan fingerprint density at radius 3 is 2.48 bits per heavy atom. The van der Waals surface area contributed by atoms with Crippen molar-refractivity contribution in [2.45, 2.75) is 6.18 Å². The number of nitrogens with one attached hydrogen (secondary N) is 1. The third-order valence-electron chi connectivity index (χ3n) is 2.58. The highest BCUT2D eigenvalue weighted by molar-refractivity contribution is 6.33. The van der Waals surface area contributed by atoms with Crippen LogP contribution in [0, 0.1) is 5.82 Å². The first-order valence-electron chi connectivity index (χ1n) is 5.78. The molecule has 0 amide bonds. The summed E-state index contributed by atoms with van der Waals surface area (Å²) in [5.41, 5.74) is 1.79. The molecule has 110 valence electrons. The van der Waals surface area contributed by atoms with Crippen molar-refractivity contribution in [2.24, 2.45) is 5.10 Å². The lowest BCUT2D eigenvalue weighted by molar-refractivity contribution is -0.137. The van der Waals surface area contributed by atoms with Gasteiger partial charge >= 0.3 is 6.18 Å². The van der Waals surface area contributed by atoms with Crippen molar-refractivity contribution in [2.75, 3.05) is 5.43 Å². The van der Waals surface area contributed by atoms with E-state index in [1.165, 1.54) is 30.3 Å². The van der Waals surface area contributed by atoms with Gasteiger partial charge in [0.15, 0.2) is 0 Å². The zero-order valence-electron chi connectivity index (χ0n) is 10.5. The molecular weight excluding hydrogens is 308 g/mol. The maximum Gasteiger partial charge on any atom is 0.416 e. The molecule has 0 saturated heterocycles. The van der Waals surface area contributed by atoms with Gasteiger partial charge in [0.05, 0.1) is 22.5 Å². The highest BCUT2D eigenvalue weighted by Gasteiger charge is 2.30. The molecule has 0 saturated carbocycles. The van der Waals surface area contributed by atoms with Crippen molar-refractivity contribution < 1.29 is 17.6 Å². The number of hydrogen-bond donors (Lipinski definition) is 1. The van der Waals surface area contributed by atoms with Crippen LogP contribution >= 0.6 is 11.6 Å². The molecule has 0 radical (unpaired) electrons. The number of alkyl halides is 3. The Bertz CT molecular complexity index is 648. The molecule has 2 nitrogen and oxygen atoms in total. The van der Waals surface area contributed by atoms with Crippen LogP contribution in [-0.4, -0.2) is 6.21 Å². The summed E-state index contributed by atoms with van der Waals surface area (Å²) in [5.74, 6) is -0.572. The Hall–Kier alpha value is -2.08. The normalized spacial score (nSPS) is 11.9. The quantitative estimate of drug-likeness (QED) is 0.484. The maximum absolute atomic E-state index is 13.4. The minimum Gasteiger partial charge on any atom is -0.278 e. The summed E-state index contributed by atoms with van der Waals surface area (Å²) in [6.07, 6.45) is -3.33. The summed E-state index contributed by atoms with van der Waals surface area (Å²) < 4.78 is 51.0. The van der Waals surface area contributed by atoms with Gasteiger partial charge in [-0.15, -0.1) is 0 Å². The second-order valence-electron chi connectivity index (χ2n) is 4.08. The highest BCUT2D eigenvalue weighted by atomic mass is 35.5. The largest absolute Gasteiger partial charge is 0.416 e. The predicted octanol–water partition coefficient (Wildman–Crippen LogP) is 4.94. The molecule has 0 atom stereocenters. The number of rotatable bonds is 3. The molecule has 0 spiro atoms. The zero-order valence-corrected chi connectivity index (χ0v) is 11.2. The van der Waals surface area contributed by atoms with E-state index in [0.29, 0.717) is 0 Å². The van der Waals surface area contributed by atoms with Gasteiger partial charge in [0.1, 0.15) is 5.82 Å². The monoisotopic (exact) mass is 316 g/mol. The maximum atomic E-state index is 13.4. The van der Waals surface area contributed by atoms with Crippen LogP contribution in [0.4, 0.5) is 23.2 Å². The number of halogens is 5. The standard InChI is InChI=1S/C14H9ClF4N2/c15-12-5-2-6-13(16)11(12)8-20-21-10-4-1-3-9(7-10)14(17,18)19/h1-8,21H. The molecule has 0 aromatic heterocycles. The van der Waals surface area contributed by atoms with Gasteiger partial charge in [0.2, 0.25) is 0 Å². The first-order chi connectivity index (χ1) is 9.88. The van der Waals surface area contributed by atoms with Gasteiger partial charge in [-0.3, -0.25) is 5.43 Å². The van der Waals surface area contributed by atoms with Gasteiger partial charge in [-0.05, 0) is 30.3 Å². The summed E-state index contributed by atoms with van der Waals surface area (Å²) in [6, 6.07) is 8.64. The highest BCUT2D eigenvalue weighted by Crippen LogP contribution is 2.30. The van der Waals surface area contributed by atoms with Crippen molar-refractivity contribution in [3.63, 3.8) is 0 Å². The molecule has 0 heterocycles. The van der Waals surface area contributed by atoms with E-state index in [-0.39, 0.29) is 16.3 Å². The second kappa shape index (κ2) is 6.13. The molecule has 0 aliphatic carbocycles. The van der Waals surface area contributed by atoms with Gasteiger partial charge < -0.3 is 0 Å². The summed E-state index contributed by atoms with van der Waals surface area (Å²) in [6.45, 7) is 0. The molecule has 0 bridgehead atoms. The molecular formula is C14H9ClF4N2. The fraction of sp³-hybridized carbons (Fsp3) is 0.0714. The second-order valence-corrected chi connectivity index (χ2v) is 4.49. The molecule has 0 aliphatic heterocycles. The molecule has 2 rings (SSSR count). The summed E-state index contributed by atoms with van der Waals surface area (Å²) in [4.78, 5) is 0. The lowest BCUT2D eigenvalue weighted by Gasteiger charge is -2.08. The van der Waals surface area contributed by atoms with E-state index in [2.05, 4.69) is 10.5 Å². The Morgan fingerprint density at radius 1 is 1.10 bits per heavy atom. The van der Waals surface area contributed by atoms with Crippen molar-refractivity contribution in [3.8, 4) is 0 Å². The van der Waals surface area contributed by atoms with E-state index in [1.54, 1.807) is 0 Å². The van der Waals surface area contributed by atoms with Crippen LogP contribution in [0.25, 0.3) is 0 Å². The number of hydrogen-bond acceptors (Lipinski definition) is 2. The average Bonchev–Trinajstić information content (AvgIpc) is 2.41. The van der Waals surface area contributed by atoms with Gasteiger partial charge in [0.25, 0.3) is 0 Å². The predicted molar refractivity (Wildman–Crippen MR) is 74.1 cm³/mol. The van der Waals surface area contributed by atoms with Gasteiger partial charge in [0, 0.05) is 5.56 Å². The molecule has 2 aromatic rings. The molecule has 0 unspecified atom stereocenters. The fourth-order valence-corrected chi connectivity index (χ4v) is 1.78. The van der Waals surface area contributed by atoms with Crippen LogP contribution in [0.5, 0.6) is 0 Å². The van der Waals surface area contributed by atoms with E-state index in [1.807, 2.05) is 0 Å². The number of anilines is 1. The summed E-state index contributed by atoms with van der Waals surface area (Å²) in [7, 11) is 0. The van der Waals surface area contributed by atoms with E-state index >= 15 is 0 Å². The minimum atomic E-state index is -4.43. The first-order valence-corrected chi connectivity index (χ1v) is 6.16. The molecule has 0 aliphatic rings. The third-order valence-corrected chi connectivity index (χ3v) is 2.91. The van der Waals surface area contributed by atoms with Crippen molar-refractivity contribution in [1.82, 2.24) is 0 Å².